The van der Waals surface area contributed by atoms with E-state index in [-0.39, 0.29) is 0 Å². The van der Waals surface area contributed by atoms with Gasteiger partial charge in [0, 0.05) is 6.04 Å². The van der Waals surface area contributed by atoms with Crippen LogP contribution >= 0.6 is 0 Å². The maximum absolute atomic E-state index is 3.86. The second-order valence-corrected chi connectivity index (χ2v) is 7.66. The molecule has 1 saturated carbocycles. The van der Waals surface area contributed by atoms with Gasteiger partial charge in [0.15, 0.2) is 0 Å². The fourth-order valence-electron chi connectivity index (χ4n) is 4.05. The molecule has 1 nitrogen and oxygen atoms in total. The molecule has 0 aromatic carbocycles. The zero-order chi connectivity index (χ0) is 13.2. The standard InChI is InChI=1S/C17H31N/c1-13-8-14(2)10-15(9-13)12-18-16-6-5-7-17(3,4)11-16/h8,13,15-16,18H,5-7,9-12H2,1-4H3. The van der Waals surface area contributed by atoms with Crippen LogP contribution in [0.3, 0.4) is 0 Å². The number of rotatable bonds is 3. The van der Waals surface area contributed by atoms with Crippen molar-refractivity contribution in [1.29, 1.82) is 0 Å². The van der Waals surface area contributed by atoms with E-state index in [1.54, 1.807) is 5.57 Å². The zero-order valence-electron chi connectivity index (χ0n) is 12.8. The lowest BCUT2D eigenvalue weighted by atomic mass is 9.75. The van der Waals surface area contributed by atoms with E-state index in [0.29, 0.717) is 5.41 Å². The molecule has 0 bridgehead atoms. The molecule has 1 fully saturated rings. The molecular weight excluding hydrogens is 218 g/mol. The summed E-state index contributed by atoms with van der Waals surface area (Å²) in [6, 6.07) is 0.773. The molecule has 2 rings (SSSR count). The van der Waals surface area contributed by atoms with Crippen LogP contribution in [-0.4, -0.2) is 12.6 Å². The maximum Gasteiger partial charge on any atom is 0.00722 e. The predicted octanol–water partition coefficient (Wildman–Crippen LogP) is 4.54. The summed E-state index contributed by atoms with van der Waals surface area (Å²) in [4.78, 5) is 0. The molecule has 3 unspecified atom stereocenters. The van der Waals surface area contributed by atoms with Crippen molar-refractivity contribution in [3.63, 3.8) is 0 Å². The largest absolute Gasteiger partial charge is 0.314 e. The van der Waals surface area contributed by atoms with Crippen LogP contribution in [0.1, 0.15) is 66.2 Å². The van der Waals surface area contributed by atoms with E-state index in [2.05, 4.69) is 39.1 Å². The van der Waals surface area contributed by atoms with Crippen molar-refractivity contribution in [2.45, 2.75) is 72.3 Å². The van der Waals surface area contributed by atoms with Gasteiger partial charge in [-0.05, 0) is 62.8 Å². The highest BCUT2D eigenvalue weighted by Gasteiger charge is 2.28. The van der Waals surface area contributed by atoms with Crippen molar-refractivity contribution >= 4 is 0 Å². The lowest BCUT2D eigenvalue weighted by Gasteiger charge is -2.37. The van der Waals surface area contributed by atoms with Gasteiger partial charge in [-0.3, -0.25) is 0 Å². The average molecular weight is 249 g/mol. The molecule has 1 N–H and O–H groups in total. The first-order valence-electron chi connectivity index (χ1n) is 7.85. The third-order valence-corrected chi connectivity index (χ3v) is 4.79. The van der Waals surface area contributed by atoms with E-state index in [0.717, 1.165) is 17.9 Å². The van der Waals surface area contributed by atoms with Gasteiger partial charge in [-0.25, -0.2) is 0 Å². The Hall–Kier alpha value is -0.300. The molecule has 18 heavy (non-hydrogen) atoms. The second-order valence-electron chi connectivity index (χ2n) is 7.66. The molecule has 1 heteroatoms. The van der Waals surface area contributed by atoms with Crippen molar-refractivity contribution < 1.29 is 0 Å². The van der Waals surface area contributed by atoms with Gasteiger partial charge in [0.2, 0.25) is 0 Å². The summed E-state index contributed by atoms with van der Waals surface area (Å²) in [5.41, 5.74) is 2.16. The molecule has 0 radical (unpaired) electrons. The monoisotopic (exact) mass is 249 g/mol. The molecule has 2 aliphatic carbocycles. The highest BCUT2D eigenvalue weighted by Crippen LogP contribution is 2.35. The molecule has 2 aliphatic rings. The van der Waals surface area contributed by atoms with Crippen LogP contribution in [0.2, 0.25) is 0 Å². The number of allylic oxidation sites excluding steroid dienone is 2. The fraction of sp³-hybridized carbons (Fsp3) is 0.882. The van der Waals surface area contributed by atoms with Crippen LogP contribution in [0.5, 0.6) is 0 Å². The summed E-state index contributed by atoms with van der Waals surface area (Å²) >= 11 is 0. The van der Waals surface area contributed by atoms with Gasteiger partial charge in [0.1, 0.15) is 0 Å². The summed E-state index contributed by atoms with van der Waals surface area (Å²) in [5, 5.41) is 3.86. The molecule has 104 valence electrons. The third-order valence-electron chi connectivity index (χ3n) is 4.79. The summed E-state index contributed by atoms with van der Waals surface area (Å²) in [7, 11) is 0. The third kappa shape index (κ3) is 4.12. The highest BCUT2D eigenvalue weighted by atomic mass is 14.9. The van der Waals surface area contributed by atoms with E-state index in [1.807, 2.05) is 0 Å². The van der Waals surface area contributed by atoms with Gasteiger partial charge in [-0.2, -0.15) is 0 Å². The van der Waals surface area contributed by atoms with Crippen molar-refractivity contribution in [2.75, 3.05) is 6.54 Å². The minimum Gasteiger partial charge on any atom is -0.314 e. The van der Waals surface area contributed by atoms with Crippen molar-refractivity contribution in [3.05, 3.63) is 11.6 Å². The fourth-order valence-corrected chi connectivity index (χ4v) is 4.05. The smallest absolute Gasteiger partial charge is 0.00722 e. The van der Waals surface area contributed by atoms with Gasteiger partial charge >= 0.3 is 0 Å². The van der Waals surface area contributed by atoms with Crippen molar-refractivity contribution in [1.82, 2.24) is 5.32 Å². The second kappa shape index (κ2) is 5.77. The Labute approximate surface area is 113 Å². The summed E-state index contributed by atoms with van der Waals surface area (Å²) in [6.07, 6.45) is 10.7. The SMILES string of the molecule is CC1=CC(C)CC(CNC2CCCC(C)(C)C2)C1. The molecular formula is C17H31N. The molecule has 0 amide bonds. The van der Waals surface area contributed by atoms with Gasteiger partial charge in [-0.15, -0.1) is 0 Å². The Bertz CT molecular complexity index is 303. The van der Waals surface area contributed by atoms with Crippen LogP contribution in [0.25, 0.3) is 0 Å². The van der Waals surface area contributed by atoms with Crippen molar-refractivity contribution in [3.8, 4) is 0 Å². The van der Waals surface area contributed by atoms with Gasteiger partial charge in [0.05, 0.1) is 0 Å². The zero-order valence-corrected chi connectivity index (χ0v) is 12.8. The van der Waals surface area contributed by atoms with Crippen LogP contribution in [0.4, 0.5) is 0 Å². The molecule has 0 heterocycles. The summed E-state index contributed by atoms with van der Waals surface area (Å²) in [6.45, 7) is 10.7. The van der Waals surface area contributed by atoms with Crippen LogP contribution in [-0.2, 0) is 0 Å². The normalized spacial score (nSPS) is 36.2. The Morgan fingerprint density at radius 1 is 1.39 bits per heavy atom. The number of hydrogen-bond acceptors (Lipinski definition) is 1. The van der Waals surface area contributed by atoms with Gasteiger partial charge < -0.3 is 5.32 Å². The molecule has 0 aromatic rings. The Kier molecular flexibility index (Phi) is 4.53. The maximum atomic E-state index is 3.86. The predicted molar refractivity (Wildman–Crippen MR) is 79.7 cm³/mol. The molecule has 0 spiro atoms. The average Bonchev–Trinajstić information content (AvgIpc) is 2.24. The Morgan fingerprint density at radius 3 is 2.83 bits per heavy atom. The van der Waals surface area contributed by atoms with Gasteiger partial charge in [-0.1, -0.05) is 38.8 Å². The Morgan fingerprint density at radius 2 is 2.17 bits per heavy atom. The lowest BCUT2D eigenvalue weighted by molar-refractivity contribution is 0.191. The summed E-state index contributed by atoms with van der Waals surface area (Å²) in [5.74, 6) is 1.66. The number of hydrogen-bond donors (Lipinski definition) is 1. The quantitative estimate of drug-likeness (QED) is 0.724. The van der Waals surface area contributed by atoms with E-state index < -0.39 is 0 Å². The van der Waals surface area contributed by atoms with Crippen LogP contribution in [0, 0.1) is 17.3 Å². The minimum absolute atomic E-state index is 0.561. The Balaban J connectivity index is 1.76. The van der Waals surface area contributed by atoms with Crippen LogP contribution < -0.4 is 5.32 Å². The highest BCUT2D eigenvalue weighted by molar-refractivity contribution is 5.06. The molecule has 0 aliphatic heterocycles. The first-order chi connectivity index (χ1) is 8.44. The molecule has 3 atom stereocenters. The van der Waals surface area contributed by atoms with Gasteiger partial charge in [0.25, 0.3) is 0 Å². The van der Waals surface area contributed by atoms with E-state index in [1.165, 1.54) is 45.1 Å². The molecule has 0 saturated heterocycles. The van der Waals surface area contributed by atoms with E-state index in [9.17, 15) is 0 Å². The van der Waals surface area contributed by atoms with Crippen LogP contribution in [0.15, 0.2) is 11.6 Å². The first-order valence-corrected chi connectivity index (χ1v) is 7.85. The van der Waals surface area contributed by atoms with E-state index >= 15 is 0 Å². The topological polar surface area (TPSA) is 12.0 Å². The lowest BCUT2D eigenvalue weighted by Crippen LogP contribution is -2.40. The van der Waals surface area contributed by atoms with E-state index in [4.69, 9.17) is 0 Å². The number of nitrogens with one attached hydrogen (secondary N) is 1. The minimum atomic E-state index is 0.561. The first kappa shape index (κ1) is 14.1. The summed E-state index contributed by atoms with van der Waals surface area (Å²) < 4.78 is 0. The van der Waals surface area contributed by atoms with Crippen molar-refractivity contribution in [2.24, 2.45) is 17.3 Å². The molecule has 0 aromatic heterocycles.